The van der Waals surface area contributed by atoms with Crippen molar-refractivity contribution in [1.82, 2.24) is 0 Å². The van der Waals surface area contributed by atoms with E-state index in [0.717, 1.165) is 0 Å². The van der Waals surface area contributed by atoms with Gasteiger partial charge < -0.3 is 9.47 Å². The number of nitrogens with one attached hydrogen (secondary N) is 1. The Morgan fingerprint density at radius 2 is 1.73 bits per heavy atom. The molecule has 0 bridgehead atoms. The molecule has 0 aromatic heterocycles. The normalized spacial score (nSPS) is 11.1. The van der Waals surface area contributed by atoms with Gasteiger partial charge >= 0.3 is 0 Å². The number of ether oxygens (including phenoxy) is 2. The Kier molecular flexibility index (Phi) is 4.56. The molecule has 0 fully saturated rings. The maximum atomic E-state index is 13.6. The lowest BCUT2D eigenvalue weighted by atomic mass is 10.2. The number of methoxy groups -OCH3 is 2. The van der Waals surface area contributed by atoms with Crippen LogP contribution >= 0.6 is 0 Å². The highest BCUT2D eigenvalue weighted by molar-refractivity contribution is 7.92. The van der Waals surface area contributed by atoms with Gasteiger partial charge in [0.05, 0.1) is 19.9 Å². The molecule has 0 aliphatic rings. The molecular weight excluding hydrogens is 309 g/mol. The van der Waals surface area contributed by atoms with Crippen molar-refractivity contribution in [3.63, 3.8) is 0 Å². The van der Waals surface area contributed by atoms with Crippen LogP contribution in [0.1, 0.15) is 5.56 Å². The lowest BCUT2D eigenvalue weighted by Crippen LogP contribution is -2.15. The van der Waals surface area contributed by atoms with Crippen LogP contribution < -0.4 is 14.2 Å². The van der Waals surface area contributed by atoms with Gasteiger partial charge in [0.25, 0.3) is 10.0 Å². The minimum atomic E-state index is -4.00. The topological polar surface area (TPSA) is 64.6 Å². The number of para-hydroxylation sites is 1. The highest BCUT2D eigenvalue weighted by Gasteiger charge is 2.23. The highest BCUT2D eigenvalue weighted by Crippen LogP contribution is 2.35. The van der Waals surface area contributed by atoms with Gasteiger partial charge in [0.1, 0.15) is 22.2 Å². The molecule has 0 aliphatic heterocycles. The monoisotopic (exact) mass is 325 g/mol. The Morgan fingerprint density at radius 1 is 1.05 bits per heavy atom. The average Bonchev–Trinajstić information content (AvgIpc) is 2.49. The highest BCUT2D eigenvalue weighted by atomic mass is 32.2. The molecule has 5 nitrogen and oxygen atoms in total. The minimum Gasteiger partial charge on any atom is -0.496 e. The zero-order chi connectivity index (χ0) is 16.3. The molecule has 0 radical (unpaired) electrons. The third-order valence-electron chi connectivity index (χ3n) is 3.15. The van der Waals surface area contributed by atoms with E-state index in [4.69, 9.17) is 9.47 Å². The van der Waals surface area contributed by atoms with Crippen molar-refractivity contribution in [3.8, 4) is 11.5 Å². The van der Waals surface area contributed by atoms with Crippen molar-refractivity contribution in [2.45, 2.75) is 11.8 Å². The molecule has 0 amide bonds. The second-order valence-electron chi connectivity index (χ2n) is 4.51. The Labute approximate surface area is 128 Å². The summed E-state index contributed by atoms with van der Waals surface area (Å²) in [5.74, 6) is 0.000145. The molecule has 118 valence electrons. The number of hydrogen-bond acceptors (Lipinski definition) is 4. The van der Waals surface area contributed by atoms with Crippen LogP contribution in [-0.2, 0) is 10.0 Å². The van der Waals surface area contributed by atoms with Gasteiger partial charge in [-0.05, 0) is 31.2 Å². The summed E-state index contributed by atoms with van der Waals surface area (Å²) in [5.41, 5.74) is 0.416. The molecule has 0 saturated carbocycles. The number of hydrogen-bond donors (Lipinski definition) is 1. The molecule has 7 heteroatoms. The number of benzene rings is 2. The number of anilines is 1. The molecule has 0 unspecified atom stereocenters. The van der Waals surface area contributed by atoms with Crippen molar-refractivity contribution >= 4 is 15.7 Å². The summed E-state index contributed by atoms with van der Waals surface area (Å²) in [6.45, 7) is 1.68. The molecule has 1 N–H and O–H groups in total. The fourth-order valence-corrected chi connectivity index (χ4v) is 3.37. The zero-order valence-corrected chi connectivity index (χ0v) is 13.2. The Balaban J connectivity index is 2.50. The molecule has 0 aliphatic carbocycles. The standard InChI is InChI=1S/C15H16FNO4S/c1-10-13(20-2)8-9-14(15(10)21-3)22(18,19)17-12-7-5-4-6-11(12)16/h4-9,17H,1-3H3. The van der Waals surface area contributed by atoms with Gasteiger partial charge in [-0.3, -0.25) is 4.72 Å². The van der Waals surface area contributed by atoms with Crippen LogP contribution in [0, 0.1) is 12.7 Å². The first-order chi connectivity index (χ1) is 10.4. The van der Waals surface area contributed by atoms with Crippen LogP contribution in [0.4, 0.5) is 10.1 Å². The van der Waals surface area contributed by atoms with E-state index in [2.05, 4.69) is 4.72 Å². The second kappa shape index (κ2) is 6.23. The van der Waals surface area contributed by atoms with Gasteiger partial charge in [-0.2, -0.15) is 0 Å². The molecule has 2 aromatic rings. The zero-order valence-electron chi connectivity index (χ0n) is 12.4. The van der Waals surface area contributed by atoms with Crippen molar-refractivity contribution in [2.24, 2.45) is 0 Å². The van der Waals surface area contributed by atoms with E-state index in [1.54, 1.807) is 6.92 Å². The van der Waals surface area contributed by atoms with Crippen LogP contribution in [0.15, 0.2) is 41.3 Å². The summed E-state index contributed by atoms with van der Waals surface area (Å²) in [6, 6.07) is 8.41. The molecule has 0 saturated heterocycles. The number of halogens is 1. The number of sulfonamides is 1. The fraction of sp³-hybridized carbons (Fsp3) is 0.200. The van der Waals surface area contributed by atoms with Crippen LogP contribution in [0.3, 0.4) is 0 Å². The molecule has 0 atom stereocenters. The quantitative estimate of drug-likeness (QED) is 0.918. The molecule has 2 aromatic carbocycles. The summed E-state index contributed by atoms with van der Waals surface area (Å²) in [6.07, 6.45) is 0. The SMILES string of the molecule is COc1ccc(S(=O)(=O)Nc2ccccc2F)c(OC)c1C. The lowest BCUT2D eigenvalue weighted by Gasteiger charge is -2.15. The predicted molar refractivity (Wildman–Crippen MR) is 81.5 cm³/mol. The van der Waals surface area contributed by atoms with Crippen LogP contribution in [-0.4, -0.2) is 22.6 Å². The van der Waals surface area contributed by atoms with E-state index in [-0.39, 0.29) is 16.3 Å². The van der Waals surface area contributed by atoms with E-state index in [9.17, 15) is 12.8 Å². The largest absolute Gasteiger partial charge is 0.496 e. The van der Waals surface area contributed by atoms with Gasteiger partial charge in [0, 0.05) is 5.56 Å². The summed E-state index contributed by atoms with van der Waals surface area (Å²) < 4.78 is 51.1. The summed E-state index contributed by atoms with van der Waals surface area (Å²) in [7, 11) is -1.15. The van der Waals surface area contributed by atoms with Crippen molar-refractivity contribution < 1.29 is 22.3 Å². The molecule has 2 rings (SSSR count). The van der Waals surface area contributed by atoms with Crippen LogP contribution in [0.25, 0.3) is 0 Å². The van der Waals surface area contributed by atoms with Gasteiger partial charge in [0.15, 0.2) is 0 Å². The smallest absolute Gasteiger partial charge is 0.265 e. The summed E-state index contributed by atoms with van der Waals surface area (Å²) in [4.78, 5) is -0.0865. The Hall–Kier alpha value is -2.28. The fourth-order valence-electron chi connectivity index (χ4n) is 2.08. The molecular formula is C15H16FNO4S. The third kappa shape index (κ3) is 2.99. The maximum Gasteiger partial charge on any atom is 0.265 e. The number of rotatable bonds is 5. The van der Waals surface area contributed by atoms with Gasteiger partial charge in [0.2, 0.25) is 0 Å². The third-order valence-corrected chi connectivity index (χ3v) is 4.54. The van der Waals surface area contributed by atoms with Crippen LogP contribution in [0.5, 0.6) is 11.5 Å². The Morgan fingerprint density at radius 3 is 2.32 bits per heavy atom. The first-order valence-corrected chi connectivity index (χ1v) is 7.88. The van der Waals surface area contributed by atoms with E-state index in [1.165, 1.54) is 50.6 Å². The maximum absolute atomic E-state index is 13.6. The second-order valence-corrected chi connectivity index (χ2v) is 6.16. The van der Waals surface area contributed by atoms with E-state index >= 15 is 0 Å². The molecule has 0 heterocycles. The van der Waals surface area contributed by atoms with E-state index in [1.807, 2.05) is 0 Å². The average molecular weight is 325 g/mol. The molecule has 0 spiro atoms. The molecule has 22 heavy (non-hydrogen) atoms. The van der Waals surface area contributed by atoms with Gasteiger partial charge in [-0.15, -0.1) is 0 Å². The first kappa shape index (κ1) is 16.1. The Bertz CT molecular complexity index is 790. The summed E-state index contributed by atoms with van der Waals surface area (Å²) in [5, 5.41) is 0. The van der Waals surface area contributed by atoms with Gasteiger partial charge in [-0.1, -0.05) is 12.1 Å². The van der Waals surface area contributed by atoms with Crippen molar-refractivity contribution in [3.05, 3.63) is 47.8 Å². The van der Waals surface area contributed by atoms with E-state index < -0.39 is 15.8 Å². The lowest BCUT2D eigenvalue weighted by molar-refractivity contribution is 0.380. The van der Waals surface area contributed by atoms with Crippen molar-refractivity contribution in [1.29, 1.82) is 0 Å². The minimum absolute atomic E-state index is 0.0865. The summed E-state index contributed by atoms with van der Waals surface area (Å²) >= 11 is 0. The van der Waals surface area contributed by atoms with E-state index in [0.29, 0.717) is 11.3 Å². The predicted octanol–water partition coefficient (Wildman–Crippen LogP) is 2.95. The van der Waals surface area contributed by atoms with Gasteiger partial charge in [-0.25, -0.2) is 12.8 Å². The van der Waals surface area contributed by atoms with Crippen LogP contribution in [0.2, 0.25) is 0 Å². The first-order valence-electron chi connectivity index (χ1n) is 6.39. The van der Waals surface area contributed by atoms with Crippen molar-refractivity contribution in [2.75, 3.05) is 18.9 Å².